The fourth-order valence-corrected chi connectivity index (χ4v) is 5.95. The third-order valence-electron chi connectivity index (χ3n) is 6.80. The third kappa shape index (κ3) is 5.07. The number of aryl methyl sites for hydroxylation is 1. The first-order valence-electron chi connectivity index (χ1n) is 11.8. The molecule has 1 aliphatic heterocycles. The molecule has 1 aromatic heterocycles. The maximum absolute atomic E-state index is 13.6. The molecule has 2 heterocycles. The molecule has 1 aliphatic carbocycles. The molecule has 0 N–H and O–H groups in total. The maximum atomic E-state index is 13.6. The van der Waals surface area contributed by atoms with E-state index in [1.165, 1.54) is 16.0 Å². The van der Waals surface area contributed by atoms with Gasteiger partial charge in [-0.15, -0.1) is 11.3 Å². The van der Waals surface area contributed by atoms with Gasteiger partial charge in [-0.3, -0.25) is 9.59 Å². The Kier molecular flexibility index (Phi) is 7.63. The molecule has 2 amide bonds. The van der Waals surface area contributed by atoms with Gasteiger partial charge in [-0.05, 0) is 55.2 Å². The Hall–Kier alpha value is -2.18. The highest BCUT2D eigenvalue weighted by Gasteiger charge is 2.35. The van der Waals surface area contributed by atoms with Crippen LogP contribution in [0.3, 0.4) is 0 Å². The molecule has 0 spiro atoms. The molecule has 2 aliphatic rings. The normalized spacial score (nSPS) is 18.6. The van der Waals surface area contributed by atoms with E-state index >= 15 is 0 Å². The van der Waals surface area contributed by atoms with Gasteiger partial charge >= 0.3 is 0 Å². The van der Waals surface area contributed by atoms with Crippen LogP contribution in [0.2, 0.25) is 0 Å². The van der Waals surface area contributed by atoms with E-state index in [2.05, 4.69) is 42.6 Å². The minimum Gasteiger partial charge on any atom is -0.385 e. The highest BCUT2D eigenvalue weighted by atomic mass is 32.1. The topological polar surface area (TPSA) is 49.9 Å². The van der Waals surface area contributed by atoms with Gasteiger partial charge in [0.2, 0.25) is 11.8 Å². The Morgan fingerprint density at radius 1 is 1.16 bits per heavy atom. The number of carbonyl (C=O) groups excluding carboxylic acids is 2. The van der Waals surface area contributed by atoms with Crippen LogP contribution in [-0.4, -0.2) is 55.0 Å². The number of nitrogens with zero attached hydrogens (tertiary/aromatic N) is 2. The molecule has 1 unspecified atom stereocenters. The Labute approximate surface area is 195 Å². The second kappa shape index (κ2) is 10.6. The van der Waals surface area contributed by atoms with E-state index in [4.69, 9.17) is 4.74 Å². The highest BCUT2D eigenvalue weighted by molar-refractivity contribution is 7.10. The summed E-state index contributed by atoms with van der Waals surface area (Å²) >= 11 is 1.77. The van der Waals surface area contributed by atoms with Crippen molar-refractivity contribution in [3.63, 3.8) is 0 Å². The van der Waals surface area contributed by atoms with Crippen molar-refractivity contribution >= 4 is 23.2 Å². The van der Waals surface area contributed by atoms with Crippen LogP contribution in [0.1, 0.15) is 59.7 Å². The van der Waals surface area contributed by atoms with Gasteiger partial charge in [0.25, 0.3) is 0 Å². The lowest BCUT2D eigenvalue weighted by atomic mass is 9.92. The number of carbonyl (C=O) groups is 2. The molecule has 5 nitrogen and oxygen atoms in total. The summed E-state index contributed by atoms with van der Waals surface area (Å²) in [4.78, 5) is 32.0. The van der Waals surface area contributed by atoms with Crippen molar-refractivity contribution in [1.29, 1.82) is 0 Å². The predicted octanol–water partition coefficient (Wildman–Crippen LogP) is 4.59. The van der Waals surface area contributed by atoms with Gasteiger partial charge in [0, 0.05) is 37.6 Å². The Bertz CT molecular complexity index is 917. The van der Waals surface area contributed by atoms with E-state index in [1.54, 1.807) is 23.3 Å². The molecule has 0 saturated heterocycles. The average Bonchev–Trinajstić information content (AvgIpc) is 3.50. The van der Waals surface area contributed by atoms with Crippen molar-refractivity contribution in [2.75, 3.05) is 33.4 Å². The van der Waals surface area contributed by atoms with Crippen LogP contribution in [-0.2, 0) is 20.7 Å². The van der Waals surface area contributed by atoms with Gasteiger partial charge in [0.1, 0.15) is 0 Å². The molecule has 1 atom stereocenters. The summed E-state index contributed by atoms with van der Waals surface area (Å²) < 4.78 is 5.20. The quantitative estimate of drug-likeness (QED) is 0.549. The zero-order chi connectivity index (χ0) is 22.5. The number of thiophene rings is 1. The van der Waals surface area contributed by atoms with Crippen LogP contribution in [0.25, 0.3) is 0 Å². The summed E-state index contributed by atoms with van der Waals surface area (Å²) in [5, 5.41) is 2.13. The summed E-state index contributed by atoms with van der Waals surface area (Å²) in [5.41, 5.74) is 3.57. The van der Waals surface area contributed by atoms with E-state index in [0.717, 1.165) is 44.1 Å². The largest absolute Gasteiger partial charge is 0.385 e. The predicted molar refractivity (Wildman–Crippen MR) is 128 cm³/mol. The van der Waals surface area contributed by atoms with E-state index < -0.39 is 0 Å². The smallest absolute Gasteiger partial charge is 0.242 e. The second-order valence-electron chi connectivity index (χ2n) is 9.04. The monoisotopic (exact) mass is 454 g/mol. The van der Waals surface area contributed by atoms with Crippen LogP contribution in [0.5, 0.6) is 0 Å². The van der Waals surface area contributed by atoms with Crippen molar-refractivity contribution in [1.82, 2.24) is 9.80 Å². The zero-order valence-corrected chi connectivity index (χ0v) is 20.0. The van der Waals surface area contributed by atoms with Crippen LogP contribution in [0, 0.1) is 12.8 Å². The highest BCUT2D eigenvalue weighted by Crippen LogP contribution is 2.38. The van der Waals surface area contributed by atoms with Crippen LogP contribution in [0.15, 0.2) is 35.7 Å². The molecule has 0 radical (unpaired) electrons. The number of hydrogen-bond acceptors (Lipinski definition) is 4. The van der Waals surface area contributed by atoms with Gasteiger partial charge in [-0.1, -0.05) is 42.7 Å². The molecule has 1 aromatic carbocycles. The third-order valence-corrected chi connectivity index (χ3v) is 7.79. The first-order valence-corrected chi connectivity index (χ1v) is 12.7. The summed E-state index contributed by atoms with van der Waals surface area (Å²) in [6.45, 7) is 4.09. The van der Waals surface area contributed by atoms with Gasteiger partial charge in [-0.25, -0.2) is 0 Å². The Balaban J connectivity index is 1.55. The van der Waals surface area contributed by atoms with Crippen molar-refractivity contribution in [3.05, 3.63) is 57.3 Å². The fourth-order valence-electron chi connectivity index (χ4n) is 5.05. The number of hydrogen-bond donors (Lipinski definition) is 0. The number of fused-ring (bicyclic) bond motifs is 1. The Morgan fingerprint density at radius 2 is 1.91 bits per heavy atom. The number of rotatable bonds is 8. The summed E-state index contributed by atoms with van der Waals surface area (Å²) in [6.07, 6.45) is 5.74. The SMILES string of the molecule is COCCCN(CC(=O)N1CCc2sccc2C1c1ccc(C)cc1)C(=O)C1CCCC1. The van der Waals surface area contributed by atoms with Crippen LogP contribution < -0.4 is 0 Å². The fraction of sp³-hybridized carbons (Fsp3) is 0.538. The maximum Gasteiger partial charge on any atom is 0.242 e. The van der Waals surface area contributed by atoms with Crippen LogP contribution >= 0.6 is 11.3 Å². The van der Waals surface area contributed by atoms with Crippen molar-refractivity contribution in [3.8, 4) is 0 Å². The number of benzene rings is 1. The lowest BCUT2D eigenvalue weighted by molar-refractivity contribution is -0.144. The van der Waals surface area contributed by atoms with E-state index in [-0.39, 0.29) is 30.3 Å². The van der Waals surface area contributed by atoms with Gasteiger partial charge in [-0.2, -0.15) is 0 Å². The molecule has 2 aromatic rings. The molecule has 1 fully saturated rings. The standard InChI is InChI=1S/C26H34N2O3S/c1-19-8-10-20(11-9-19)25-22-13-17-32-23(22)12-15-28(25)24(29)18-27(14-5-16-31-2)26(30)21-6-3-4-7-21/h8-11,13,17,21,25H,3-7,12,14-16,18H2,1-2H3. The van der Waals surface area contributed by atoms with Gasteiger partial charge < -0.3 is 14.5 Å². The van der Waals surface area contributed by atoms with E-state index in [1.807, 2.05) is 4.90 Å². The molecule has 32 heavy (non-hydrogen) atoms. The van der Waals surface area contributed by atoms with Gasteiger partial charge in [0.15, 0.2) is 0 Å². The zero-order valence-electron chi connectivity index (χ0n) is 19.2. The molecular weight excluding hydrogens is 420 g/mol. The summed E-state index contributed by atoms with van der Waals surface area (Å²) in [6, 6.07) is 10.6. The number of ether oxygens (including phenoxy) is 1. The first-order chi connectivity index (χ1) is 15.6. The minimum atomic E-state index is -0.0829. The molecule has 4 rings (SSSR count). The van der Waals surface area contributed by atoms with E-state index in [9.17, 15) is 9.59 Å². The van der Waals surface area contributed by atoms with Crippen molar-refractivity contribution < 1.29 is 14.3 Å². The molecule has 1 saturated carbocycles. The molecular formula is C26H34N2O3S. The summed E-state index contributed by atoms with van der Waals surface area (Å²) in [5.74, 6) is 0.256. The number of methoxy groups -OCH3 is 1. The Morgan fingerprint density at radius 3 is 2.62 bits per heavy atom. The van der Waals surface area contributed by atoms with Gasteiger partial charge in [0.05, 0.1) is 12.6 Å². The van der Waals surface area contributed by atoms with Crippen LogP contribution in [0.4, 0.5) is 0 Å². The molecule has 172 valence electrons. The van der Waals surface area contributed by atoms with E-state index in [0.29, 0.717) is 19.7 Å². The second-order valence-corrected chi connectivity index (χ2v) is 10.0. The first kappa shape index (κ1) is 23.0. The molecule has 6 heteroatoms. The minimum absolute atomic E-state index is 0.0381. The lowest BCUT2D eigenvalue weighted by Crippen LogP contribution is -2.48. The molecule has 0 bridgehead atoms. The number of amides is 2. The lowest BCUT2D eigenvalue weighted by Gasteiger charge is -2.38. The average molecular weight is 455 g/mol. The summed E-state index contributed by atoms with van der Waals surface area (Å²) in [7, 11) is 1.67. The van der Waals surface area contributed by atoms with Crippen molar-refractivity contribution in [2.24, 2.45) is 5.92 Å². The van der Waals surface area contributed by atoms with Crippen molar-refractivity contribution in [2.45, 2.75) is 51.5 Å².